The molecular formula is C15H16ClN3O. The van der Waals surface area contributed by atoms with Crippen molar-refractivity contribution in [2.45, 2.75) is 20.8 Å². The fourth-order valence-electron chi connectivity index (χ4n) is 1.93. The summed E-state index contributed by atoms with van der Waals surface area (Å²) in [5, 5.41) is 8.22. The molecule has 20 heavy (non-hydrogen) atoms. The second kappa shape index (κ2) is 5.51. The maximum absolute atomic E-state index is 7.48. The second-order valence-corrected chi connectivity index (χ2v) is 5.10. The minimum atomic E-state index is -0.0104. The lowest BCUT2D eigenvalue weighted by Gasteiger charge is -2.10. The molecule has 0 atom stereocenters. The first kappa shape index (κ1) is 14.3. The standard InChI is InChI=1S/C15H16ClN3O/c1-8-4-12(5-9(2)14(8)16)20-13-7-11(15(17)18)6-10(3)19-13/h4-7H,1-3H3,(H3,17,18). The second-order valence-electron chi connectivity index (χ2n) is 4.72. The number of nitrogens with one attached hydrogen (secondary N) is 1. The van der Waals surface area contributed by atoms with E-state index < -0.39 is 0 Å². The van der Waals surface area contributed by atoms with Crippen molar-refractivity contribution in [3.8, 4) is 11.6 Å². The van der Waals surface area contributed by atoms with Gasteiger partial charge < -0.3 is 10.5 Å². The van der Waals surface area contributed by atoms with Gasteiger partial charge in [-0.3, -0.25) is 5.41 Å². The first-order chi connectivity index (χ1) is 9.36. The van der Waals surface area contributed by atoms with Crippen LogP contribution in [-0.2, 0) is 0 Å². The van der Waals surface area contributed by atoms with Crippen LogP contribution in [-0.4, -0.2) is 10.8 Å². The number of ether oxygens (including phenoxy) is 1. The van der Waals surface area contributed by atoms with Crippen molar-refractivity contribution >= 4 is 17.4 Å². The van der Waals surface area contributed by atoms with Crippen LogP contribution in [0, 0.1) is 26.2 Å². The Morgan fingerprint density at radius 2 is 1.75 bits per heavy atom. The van der Waals surface area contributed by atoms with Gasteiger partial charge in [0.05, 0.1) is 0 Å². The summed E-state index contributed by atoms with van der Waals surface area (Å²) in [5.74, 6) is 1.07. The van der Waals surface area contributed by atoms with E-state index in [0.29, 0.717) is 17.2 Å². The van der Waals surface area contributed by atoms with Gasteiger partial charge in [0.2, 0.25) is 5.88 Å². The number of aryl methyl sites for hydroxylation is 3. The van der Waals surface area contributed by atoms with Crippen molar-refractivity contribution < 1.29 is 4.74 Å². The number of nitrogens with zero attached hydrogens (tertiary/aromatic N) is 1. The summed E-state index contributed by atoms with van der Waals surface area (Å²) >= 11 is 6.13. The maximum atomic E-state index is 7.48. The number of nitrogens with two attached hydrogens (primary N) is 1. The molecule has 0 radical (unpaired) electrons. The van der Waals surface area contributed by atoms with Crippen LogP contribution in [0.25, 0.3) is 0 Å². The van der Waals surface area contributed by atoms with Crippen LogP contribution < -0.4 is 10.5 Å². The van der Waals surface area contributed by atoms with Gasteiger partial charge in [-0.05, 0) is 50.1 Å². The van der Waals surface area contributed by atoms with Crippen LogP contribution >= 0.6 is 11.6 Å². The molecule has 3 N–H and O–H groups in total. The number of aromatic nitrogens is 1. The Morgan fingerprint density at radius 3 is 2.30 bits per heavy atom. The van der Waals surface area contributed by atoms with Crippen LogP contribution in [0.2, 0.25) is 5.02 Å². The summed E-state index contributed by atoms with van der Waals surface area (Å²) in [7, 11) is 0. The Bertz CT molecular complexity index is 660. The van der Waals surface area contributed by atoms with Gasteiger partial charge in [0.1, 0.15) is 11.6 Å². The summed E-state index contributed by atoms with van der Waals surface area (Å²) in [6.07, 6.45) is 0. The third-order valence-corrected chi connectivity index (χ3v) is 3.47. The van der Waals surface area contributed by atoms with E-state index in [-0.39, 0.29) is 5.84 Å². The fraction of sp³-hybridized carbons (Fsp3) is 0.200. The van der Waals surface area contributed by atoms with E-state index in [4.69, 9.17) is 27.5 Å². The fourth-order valence-corrected chi connectivity index (χ4v) is 2.04. The number of halogens is 1. The molecule has 0 saturated heterocycles. The van der Waals surface area contributed by atoms with Crippen LogP contribution in [0.15, 0.2) is 24.3 Å². The Labute approximate surface area is 123 Å². The van der Waals surface area contributed by atoms with E-state index in [1.54, 1.807) is 12.1 Å². The molecule has 0 saturated carbocycles. The average molecular weight is 290 g/mol. The van der Waals surface area contributed by atoms with Crippen molar-refractivity contribution in [2.24, 2.45) is 5.73 Å². The minimum absolute atomic E-state index is 0.0104. The molecule has 0 aliphatic rings. The molecular weight excluding hydrogens is 274 g/mol. The highest BCUT2D eigenvalue weighted by Crippen LogP contribution is 2.28. The highest BCUT2D eigenvalue weighted by molar-refractivity contribution is 6.32. The topological polar surface area (TPSA) is 72.0 Å². The predicted octanol–water partition coefficient (Wildman–Crippen LogP) is 3.74. The quantitative estimate of drug-likeness (QED) is 0.668. The lowest BCUT2D eigenvalue weighted by atomic mass is 10.1. The number of pyridine rings is 1. The summed E-state index contributed by atoms with van der Waals surface area (Å²) in [6.45, 7) is 5.68. The number of hydrogen-bond donors (Lipinski definition) is 2. The summed E-state index contributed by atoms with van der Waals surface area (Å²) < 4.78 is 5.74. The van der Waals surface area contributed by atoms with Gasteiger partial charge in [0, 0.05) is 22.3 Å². The van der Waals surface area contributed by atoms with E-state index in [1.807, 2.05) is 32.9 Å². The van der Waals surface area contributed by atoms with Crippen LogP contribution in [0.1, 0.15) is 22.4 Å². The van der Waals surface area contributed by atoms with Gasteiger partial charge in [-0.1, -0.05) is 11.6 Å². The highest BCUT2D eigenvalue weighted by Gasteiger charge is 2.08. The van der Waals surface area contributed by atoms with Gasteiger partial charge in [-0.15, -0.1) is 0 Å². The van der Waals surface area contributed by atoms with Crippen molar-refractivity contribution in [3.05, 3.63) is 51.7 Å². The number of rotatable bonds is 3. The van der Waals surface area contributed by atoms with E-state index in [1.165, 1.54) is 0 Å². The Balaban J connectivity index is 2.37. The van der Waals surface area contributed by atoms with Gasteiger partial charge >= 0.3 is 0 Å². The van der Waals surface area contributed by atoms with Crippen molar-refractivity contribution in [1.29, 1.82) is 5.41 Å². The van der Waals surface area contributed by atoms with Gasteiger partial charge in [-0.2, -0.15) is 0 Å². The van der Waals surface area contributed by atoms with E-state index in [9.17, 15) is 0 Å². The Hall–Kier alpha value is -2.07. The molecule has 1 aromatic carbocycles. The molecule has 0 unspecified atom stereocenters. The van der Waals surface area contributed by atoms with Gasteiger partial charge in [0.25, 0.3) is 0 Å². The lowest BCUT2D eigenvalue weighted by Crippen LogP contribution is -2.11. The third-order valence-electron chi connectivity index (χ3n) is 2.87. The molecule has 2 aromatic rings. The van der Waals surface area contributed by atoms with Crippen LogP contribution in [0.4, 0.5) is 0 Å². The molecule has 0 aliphatic heterocycles. The van der Waals surface area contributed by atoms with Gasteiger partial charge in [-0.25, -0.2) is 4.98 Å². The number of amidine groups is 1. The largest absolute Gasteiger partial charge is 0.439 e. The minimum Gasteiger partial charge on any atom is -0.439 e. The molecule has 0 bridgehead atoms. The molecule has 2 rings (SSSR count). The molecule has 0 amide bonds. The first-order valence-corrected chi connectivity index (χ1v) is 6.52. The Morgan fingerprint density at radius 1 is 1.15 bits per heavy atom. The molecule has 104 valence electrons. The van der Waals surface area contributed by atoms with Crippen LogP contribution in [0.5, 0.6) is 11.6 Å². The molecule has 1 heterocycles. The van der Waals surface area contributed by atoms with Crippen LogP contribution in [0.3, 0.4) is 0 Å². The highest BCUT2D eigenvalue weighted by atomic mass is 35.5. The molecule has 5 heteroatoms. The molecule has 0 aliphatic carbocycles. The van der Waals surface area contributed by atoms with Crippen molar-refractivity contribution in [3.63, 3.8) is 0 Å². The normalized spacial score (nSPS) is 10.4. The lowest BCUT2D eigenvalue weighted by molar-refractivity contribution is 0.461. The van der Waals surface area contributed by atoms with E-state index in [0.717, 1.165) is 21.8 Å². The molecule has 0 fully saturated rings. The summed E-state index contributed by atoms with van der Waals surface area (Å²) in [6, 6.07) is 7.10. The van der Waals surface area contributed by atoms with E-state index in [2.05, 4.69) is 4.98 Å². The number of nitrogen functional groups attached to an aromatic ring is 1. The Kier molecular flexibility index (Phi) is 3.95. The average Bonchev–Trinajstić information content (AvgIpc) is 2.35. The molecule has 4 nitrogen and oxygen atoms in total. The summed E-state index contributed by atoms with van der Waals surface area (Å²) in [4.78, 5) is 4.29. The number of hydrogen-bond acceptors (Lipinski definition) is 3. The SMILES string of the molecule is Cc1cc(C(=N)N)cc(Oc2cc(C)c(Cl)c(C)c2)n1. The first-order valence-electron chi connectivity index (χ1n) is 6.14. The monoisotopic (exact) mass is 289 g/mol. The van der Waals surface area contributed by atoms with E-state index >= 15 is 0 Å². The zero-order valence-corrected chi connectivity index (χ0v) is 12.4. The zero-order chi connectivity index (χ0) is 14.9. The van der Waals surface area contributed by atoms with Crippen molar-refractivity contribution in [1.82, 2.24) is 4.98 Å². The van der Waals surface area contributed by atoms with Crippen molar-refractivity contribution in [2.75, 3.05) is 0 Å². The van der Waals surface area contributed by atoms with Gasteiger partial charge in [0.15, 0.2) is 0 Å². The number of benzene rings is 1. The third kappa shape index (κ3) is 3.08. The summed E-state index contributed by atoms with van der Waals surface area (Å²) in [5.41, 5.74) is 8.72. The molecule has 0 spiro atoms. The maximum Gasteiger partial charge on any atom is 0.220 e. The zero-order valence-electron chi connectivity index (χ0n) is 11.6. The predicted molar refractivity (Wildman–Crippen MR) is 81.0 cm³/mol. The molecule has 1 aromatic heterocycles. The smallest absolute Gasteiger partial charge is 0.220 e.